The highest BCUT2D eigenvalue weighted by Gasteiger charge is 2.15. The molecule has 4 heteroatoms. The van der Waals surface area contributed by atoms with E-state index in [1.54, 1.807) is 7.11 Å². The Bertz CT molecular complexity index is 370. The van der Waals surface area contributed by atoms with Crippen LogP contribution in [-0.4, -0.2) is 37.7 Å². The van der Waals surface area contributed by atoms with E-state index in [2.05, 4.69) is 17.0 Å². The van der Waals surface area contributed by atoms with Crippen molar-refractivity contribution in [2.45, 2.75) is 19.3 Å². The average molecular weight is 255 g/mol. The van der Waals surface area contributed by atoms with Crippen molar-refractivity contribution >= 4 is 17.4 Å². The molecule has 0 spiro atoms. The first kappa shape index (κ1) is 12.7. The van der Waals surface area contributed by atoms with E-state index < -0.39 is 0 Å². The maximum Gasteiger partial charge on any atom is 0.128 e. The third-order valence-electron chi connectivity index (χ3n) is 3.16. The van der Waals surface area contributed by atoms with E-state index in [4.69, 9.17) is 21.3 Å². The molecule has 1 aromatic rings. The fourth-order valence-electron chi connectivity index (χ4n) is 2.23. The minimum Gasteiger partial charge on any atom is -0.383 e. The SMILES string of the molecule is COCCN(CCCl)c1ccc2c(n1)CCC2. The number of aryl methyl sites for hydroxylation is 2. The molecule has 1 aromatic heterocycles. The highest BCUT2D eigenvalue weighted by atomic mass is 35.5. The average Bonchev–Trinajstić information content (AvgIpc) is 2.81. The molecule has 1 heterocycles. The molecule has 0 aliphatic heterocycles. The second-order valence-electron chi connectivity index (χ2n) is 4.30. The molecule has 0 saturated heterocycles. The molecule has 0 N–H and O–H groups in total. The first-order valence-corrected chi connectivity index (χ1v) is 6.67. The second-order valence-corrected chi connectivity index (χ2v) is 4.68. The van der Waals surface area contributed by atoms with Crippen LogP contribution in [0.25, 0.3) is 0 Å². The zero-order valence-corrected chi connectivity index (χ0v) is 11.0. The summed E-state index contributed by atoms with van der Waals surface area (Å²) in [5.74, 6) is 1.64. The van der Waals surface area contributed by atoms with E-state index in [0.717, 1.165) is 25.3 Å². The van der Waals surface area contributed by atoms with E-state index in [9.17, 15) is 0 Å². The van der Waals surface area contributed by atoms with Gasteiger partial charge in [-0.05, 0) is 30.9 Å². The van der Waals surface area contributed by atoms with Crippen LogP contribution in [0.4, 0.5) is 5.82 Å². The minimum atomic E-state index is 0.614. The van der Waals surface area contributed by atoms with Crippen molar-refractivity contribution in [3.8, 4) is 0 Å². The number of halogens is 1. The Morgan fingerprint density at radius 2 is 2.24 bits per heavy atom. The molecule has 0 fully saturated rings. The Labute approximate surface area is 108 Å². The van der Waals surface area contributed by atoms with Crippen molar-refractivity contribution in [2.75, 3.05) is 37.6 Å². The molecular weight excluding hydrogens is 236 g/mol. The summed E-state index contributed by atoms with van der Waals surface area (Å²) in [6, 6.07) is 4.31. The fraction of sp³-hybridized carbons (Fsp3) is 0.615. The monoisotopic (exact) mass is 254 g/mol. The Kier molecular flexibility index (Phi) is 4.63. The quantitative estimate of drug-likeness (QED) is 0.729. The molecule has 0 atom stereocenters. The number of fused-ring (bicyclic) bond motifs is 1. The standard InChI is InChI=1S/C13H19ClN2O/c1-17-10-9-16(8-7-14)13-6-5-11-3-2-4-12(11)15-13/h5-6H,2-4,7-10H2,1H3. The fourth-order valence-corrected chi connectivity index (χ4v) is 2.43. The Morgan fingerprint density at radius 3 is 3.00 bits per heavy atom. The third kappa shape index (κ3) is 3.11. The summed E-state index contributed by atoms with van der Waals surface area (Å²) in [6.45, 7) is 2.36. The summed E-state index contributed by atoms with van der Waals surface area (Å²) >= 11 is 5.83. The van der Waals surface area contributed by atoms with E-state index in [1.165, 1.54) is 24.1 Å². The molecule has 0 bridgehead atoms. The van der Waals surface area contributed by atoms with Crippen LogP contribution in [0.1, 0.15) is 17.7 Å². The zero-order chi connectivity index (χ0) is 12.1. The van der Waals surface area contributed by atoms with Gasteiger partial charge in [-0.15, -0.1) is 11.6 Å². The van der Waals surface area contributed by atoms with E-state index >= 15 is 0 Å². The summed E-state index contributed by atoms with van der Waals surface area (Å²) in [7, 11) is 1.72. The van der Waals surface area contributed by atoms with Crippen LogP contribution in [-0.2, 0) is 17.6 Å². The van der Waals surface area contributed by atoms with Gasteiger partial charge in [0.25, 0.3) is 0 Å². The van der Waals surface area contributed by atoms with Gasteiger partial charge in [0.15, 0.2) is 0 Å². The molecule has 0 unspecified atom stereocenters. The normalized spacial score (nSPS) is 13.8. The van der Waals surface area contributed by atoms with Gasteiger partial charge >= 0.3 is 0 Å². The van der Waals surface area contributed by atoms with Crippen LogP contribution in [0, 0.1) is 0 Å². The number of hydrogen-bond donors (Lipinski definition) is 0. The molecule has 0 saturated carbocycles. The summed E-state index contributed by atoms with van der Waals surface area (Å²) in [4.78, 5) is 6.93. The minimum absolute atomic E-state index is 0.614. The molecule has 3 nitrogen and oxygen atoms in total. The van der Waals surface area contributed by atoms with Gasteiger partial charge in [0.1, 0.15) is 5.82 Å². The van der Waals surface area contributed by atoms with Gasteiger partial charge in [-0.1, -0.05) is 6.07 Å². The van der Waals surface area contributed by atoms with Gasteiger partial charge in [0.2, 0.25) is 0 Å². The maximum atomic E-state index is 5.83. The number of nitrogens with zero attached hydrogens (tertiary/aromatic N) is 2. The first-order valence-electron chi connectivity index (χ1n) is 6.14. The van der Waals surface area contributed by atoms with Gasteiger partial charge in [-0.2, -0.15) is 0 Å². The number of ether oxygens (including phenoxy) is 1. The van der Waals surface area contributed by atoms with Crippen LogP contribution in [0.5, 0.6) is 0 Å². The van der Waals surface area contributed by atoms with Gasteiger partial charge in [0.05, 0.1) is 6.61 Å². The number of pyridine rings is 1. The van der Waals surface area contributed by atoms with Crippen molar-refractivity contribution in [1.29, 1.82) is 0 Å². The molecule has 1 aliphatic carbocycles. The van der Waals surface area contributed by atoms with Crippen molar-refractivity contribution in [3.05, 3.63) is 23.4 Å². The largest absolute Gasteiger partial charge is 0.383 e. The van der Waals surface area contributed by atoms with Gasteiger partial charge in [-0.25, -0.2) is 4.98 Å². The Morgan fingerprint density at radius 1 is 1.35 bits per heavy atom. The smallest absolute Gasteiger partial charge is 0.128 e. The van der Waals surface area contributed by atoms with Gasteiger partial charge in [-0.3, -0.25) is 0 Å². The number of rotatable bonds is 6. The molecule has 1 aliphatic rings. The van der Waals surface area contributed by atoms with Crippen molar-refractivity contribution in [1.82, 2.24) is 4.98 Å². The van der Waals surface area contributed by atoms with Crippen LogP contribution in [0.3, 0.4) is 0 Å². The van der Waals surface area contributed by atoms with Crippen molar-refractivity contribution in [2.24, 2.45) is 0 Å². The summed E-state index contributed by atoms with van der Waals surface area (Å²) in [6.07, 6.45) is 3.53. The molecular formula is C13H19ClN2O. The number of methoxy groups -OCH3 is 1. The molecule has 17 heavy (non-hydrogen) atoms. The van der Waals surface area contributed by atoms with E-state index in [-0.39, 0.29) is 0 Å². The topological polar surface area (TPSA) is 25.4 Å². The van der Waals surface area contributed by atoms with Crippen LogP contribution >= 0.6 is 11.6 Å². The van der Waals surface area contributed by atoms with Crippen LogP contribution < -0.4 is 4.90 Å². The lowest BCUT2D eigenvalue weighted by Crippen LogP contribution is -2.30. The summed E-state index contributed by atoms with van der Waals surface area (Å²) < 4.78 is 5.12. The number of anilines is 1. The van der Waals surface area contributed by atoms with Crippen LogP contribution in [0.2, 0.25) is 0 Å². The zero-order valence-electron chi connectivity index (χ0n) is 10.3. The highest BCUT2D eigenvalue weighted by molar-refractivity contribution is 6.18. The predicted molar refractivity (Wildman–Crippen MR) is 71.1 cm³/mol. The van der Waals surface area contributed by atoms with Crippen molar-refractivity contribution < 1.29 is 4.74 Å². The molecule has 0 aromatic carbocycles. The van der Waals surface area contributed by atoms with E-state index in [1.807, 2.05) is 0 Å². The van der Waals surface area contributed by atoms with E-state index in [0.29, 0.717) is 12.5 Å². The van der Waals surface area contributed by atoms with Crippen molar-refractivity contribution in [3.63, 3.8) is 0 Å². The second kappa shape index (κ2) is 6.22. The van der Waals surface area contributed by atoms with Gasteiger partial charge < -0.3 is 9.64 Å². The Hall–Kier alpha value is -0.800. The summed E-state index contributed by atoms with van der Waals surface area (Å²) in [5, 5.41) is 0. The Balaban J connectivity index is 2.11. The molecule has 94 valence electrons. The summed E-state index contributed by atoms with van der Waals surface area (Å²) in [5.41, 5.74) is 2.67. The lowest BCUT2D eigenvalue weighted by molar-refractivity contribution is 0.205. The molecule has 0 amide bonds. The maximum absolute atomic E-state index is 5.83. The number of hydrogen-bond acceptors (Lipinski definition) is 3. The molecule has 0 radical (unpaired) electrons. The lowest BCUT2D eigenvalue weighted by atomic mass is 10.2. The van der Waals surface area contributed by atoms with Gasteiger partial charge in [0, 0.05) is 31.8 Å². The van der Waals surface area contributed by atoms with Crippen LogP contribution in [0.15, 0.2) is 12.1 Å². The lowest BCUT2D eigenvalue weighted by Gasteiger charge is -2.22. The highest BCUT2D eigenvalue weighted by Crippen LogP contribution is 2.23. The predicted octanol–water partition coefficient (Wildman–Crippen LogP) is 2.26. The first-order chi connectivity index (χ1) is 8.35. The molecule has 2 rings (SSSR count). The number of aromatic nitrogens is 1. The number of alkyl halides is 1. The third-order valence-corrected chi connectivity index (χ3v) is 3.33.